The van der Waals surface area contributed by atoms with Crippen molar-refractivity contribution in [1.82, 2.24) is 0 Å². The lowest BCUT2D eigenvalue weighted by Gasteiger charge is -2.19. The summed E-state index contributed by atoms with van der Waals surface area (Å²) in [4.78, 5) is 32.5. The fourth-order valence-corrected chi connectivity index (χ4v) is 8.69. The number of alkyl halides is 6. The highest BCUT2D eigenvalue weighted by molar-refractivity contribution is 8.08. The lowest BCUT2D eigenvalue weighted by Crippen LogP contribution is -2.29. The standard InChI is InChI=1S/C15H15F5N2O3S.C14H13F5N2O3S/c1-8(12-9(16)5-4-6-10(12)17)26(24,22-13(23)15(18,19)20)11-7-14(2,3)25-21-11;1-13(2)6-11(20-24-13)25(23,21-12(22)14(17,18)19)7-8-9(15)4-3-5-10(8)16/h4-6,8H,7H2,1-3H3;3-5H,6-7H2,1-2H3. The number of carbonyl (C=O) groups excluding carboxylic acids is 2. The SMILES string of the molecule is CC(c1c(F)cccc1F)S(=O)(=NC(=O)C(F)(F)F)C1=NOC(C)(C)C1.CC1(C)CC(S(=O)(Cc2c(F)cccc2F)=NC(=O)C(F)(F)F)=NO1. The maximum atomic E-state index is 14.1. The highest BCUT2D eigenvalue weighted by Gasteiger charge is 2.45. The molecule has 2 aromatic carbocycles. The number of oxime groups is 2. The van der Waals surface area contributed by atoms with Gasteiger partial charge in [-0.15, -0.1) is 8.73 Å². The number of hydrogen-bond acceptors (Lipinski definition) is 8. The Bertz CT molecular complexity index is 1990. The van der Waals surface area contributed by atoms with Gasteiger partial charge < -0.3 is 9.68 Å². The fourth-order valence-electron chi connectivity index (χ4n) is 4.32. The smallest absolute Gasteiger partial charge is 0.389 e. The lowest BCUT2D eigenvalue weighted by molar-refractivity contribution is -0.169. The second kappa shape index (κ2) is 14.5. The molecule has 2 amide bonds. The zero-order valence-corrected chi connectivity index (χ0v) is 28.6. The Morgan fingerprint density at radius 2 is 1.14 bits per heavy atom. The van der Waals surface area contributed by atoms with Crippen molar-refractivity contribution < 1.29 is 71.6 Å². The summed E-state index contributed by atoms with van der Waals surface area (Å²) in [6.07, 6.45) is -11.2. The van der Waals surface area contributed by atoms with Gasteiger partial charge in [0.1, 0.15) is 53.9 Å². The van der Waals surface area contributed by atoms with E-state index in [0.717, 1.165) is 43.3 Å². The van der Waals surface area contributed by atoms with Gasteiger partial charge in [0.25, 0.3) is 0 Å². The first-order valence-corrected chi connectivity index (χ1v) is 17.5. The van der Waals surface area contributed by atoms with Gasteiger partial charge in [-0.05, 0) is 58.9 Å². The van der Waals surface area contributed by atoms with Crippen LogP contribution in [0.5, 0.6) is 0 Å². The van der Waals surface area contributed by atoms with Gasteiger partial charge >= 0.3 is 24.2 Å². The second-order valence-electron chi connectivity index (χ2n) is 12.1. The first kappa shape index (κ1) is 41.3. The van der Waals surface area contributed by atoms with Crippen LogP contribution < -0.4 is 0 Å². The van der Waals surface area contributed by atoms with E-state index in [9.17, 15) is 61.9 Å². The van der Waals surface area contributed by atoms with Crippen molar-refractivity contribution >= 4 is 41.4 Å². The molecule has 51 heavy (non-hydrogen) atoms. The van der Waals surface area contributed by atoms with E-state index in [0.29, 0.717) is 0 Å². The third kappa shape index (κ3) is 9.83. The molecule has 0 spiro atoms. The Morgan fingerprint density at radius 3 is 1.53 bits per heavy atom. The normalized spacial score (nSPS) is 19.4. The summed E-state index contributed by atoms with van der Waals surface area (Å²) in [5, 5.41) is 4.28. The van der Waals surface area contributed by atoms with Crippen LogP contribution in [-0.4, -0.2) is 53.9 Å². The van der Waals surface area contributed by atoms with Gasteiger partial charge in [-0.3, -0.25) is 9.59 Å². The third-order valence-corrected chi connectivity index (χ3v) is 11.5. The van der Waals surface area contributed by atoms with Crippen LogP contribution in [0.25, 0.3) is 0 Å². The molecule has 0 fully saturated rings. The van der Waals surface area contributed by atoms with Crippen LogP contribution >= 0.6 is 0 Å². The molecule has 282 valence electrons. The number of halogens is 10. The quantitative estimate of drug-likeness (QED) is 0.293. The average Bonchev–Trinajstić information content (AvgIpc) is 3.55. The van der Waals surface area contributed by atoms with Crippen molar-refractivity contribution in [2.24, 2.45) is 19.0 Å². The number of amides is 2. The monoisotopic (exact) mass is 782 g/mol. The van der Waals surface area contributed by atoms with E-state index in [1.807, 2.05) is 0 Å². The Balaban J connectivity index is 0.000000276. The molecule has 0 radical (unpaired) electrons. The molecule has 0 aliphatic carbocycles. The van der Waals surface area contributed by atoms with Gasteiger partial charge in [-0.2, -0.15) is 26.3 Å². The van der Waals surface area contributed by atoms with Gasteiger partial charge in [-0.25, -0.2) is 26.0 Å². The maximum absolute atomic E-state index is 14.1. The summed E-state index contributed by atoms with van der Waals surface area (Å²) in [6, 6.07) is 5.49. The zero-order valence-electron chi connectivity index (χ0n) is 27.0. The number of carbonyl (C=O) groups is 2. The molecule has 0 bridgehead atoms. The van der Waals surface area contributed by atoms with Gasteiger partial charge in [0.15, 0.2) is 10.1 Å². The minimum atomic E-state index is -5.40. The van der Waals surface area contributed by atoms with Crippen LogP contribution in [-0.2, 0) is 44.5 Å². The van der Waals surface area contributed by atoms with Crippen LogP contribution in [0, 0.1) is 23.3 Å². The van der Waals surface area contributed by atoms with E-state index in [1.165, 1.54) is 27.7 Å². The Morgan fingerprint density at radius 1 is 0.745 bits per heavy atom. The van der Waals surface area contributed by atoms with E-state index in [2.05, 4.69) is 19.0 Å². The molecule has 0 saturated carbocycles. The number of rotatable bonds is 4. The van der Waals surface area contributed by atoms with Crippen molar-refractivity contribution in [3.63, 3.8) is 0 Å². The highest BCUT2D eigenvalue weighted by atomic mass is 32.2. The van der Waals surface area contributed by atoms with Crippen molar-refractivity contribution in [1.29, 1.82) is 0 Å². The molecule has 4 rings (SSSR count). The fraction of sp³-hybridized carbons (Fsp3) is 0.448. The van der Waals surface area contributed by atoms with E-state index in [1.54, 1.807) is 0 Å². The van der Waals surface area contributed by atoms with E-state index in [4.69, 9.17) is 9.68 Å². The molecular formula is C29H28F10N4O6S2. The molecular weight excluding hydrogens is 754 g/mol. The Labute approximate surface area is 284 Å². The van der Waals surface area contributed by atoms with Crippen LogP contribution in [0.15, 0.2) is 55.4 Å². The Kier molecular flexibility index (Phi) is 11.8. The summed E-state index contributed by atoms with van der Waals surface area (Å²) in [5.74, 6) is -10.8. The summed E-state index contributed by atoms with van der Waals surface area (Å²) in [6.45, 7) is 7.08. The predicted molar refractivity (Wildman–Crippen MR) is 163 cm³/mol. The number of hydrogen-bond donors (Lipinski definition) is 0. The van der Waals surface area contributed by atoms with E-state index in [-0.39, 0.29) is 12.8 Å². The average molecular weight is 783 g/mol. The van der Waals surface area contributed by atoms with Crippen molar-refractivity contribution in [2.75, 3.05) is 0 Å². The van der Waals surface area contributed by atoms with E-state index >= 15 is 0 Å². The molecule has 0 N–H and O–H groups in total. The molecule has 2 aromatic rings. The van der Waals surface area contributed by atoms with Crippen LogP contribution in [0.1, 0.15) is 63.8 Å². The number of nitrogens with zero attached hydrogens (tertiary/aromatic N) is 4. The van der Waals surface area contributed by atoms with Crippen LogP contribution in [0.4, 0.5) is 43.9 Å². The molecule has 22 heteroatoms. The molecule has 0 saturated heterocycles. The first-order chi connectivity index (χ1) is 23.1. The van der Waals surface area contributed by atoms with Gasteiger partial charge in [0.05, 0.1) is 11.0 Å². The summed E-state index contributed by atoms with van der Waals surface area (Å²) < 4.78 is 163. The van der Waals surface area contributed by atoms with Gasteiger partial charge in [0, 0.05) is 24.0 Å². The minimum absolute atomic E-state index is 0.212. The molecule has 0 aromatic heterocycles. The predicted octanol–water partition coefficient (Wildman–Crippen LogP) is 7.63. The summed E-state index contributed by atoms with van der Waals surface area (Å²) in [5.41, 5.74) is -3.51. The third-order valence-electron chi connectivity index (χ3n) is 6.87. The highest BCUT2D eigenvalue weighted by Crippen LogP contribution is 2.36. The Hall–Kier alpha value is -4.08. The zero-order chi connectivity index (χ0) is 39.0. The summed E-state index contributed by atoms with van der Waals surface area (Å²) >= 11 is 0. The first-order valence-electron chi connectivity index (χ1n) is 14.2. The number of benzene rings is 2. The maximum Gasteiger partial charge on any atom is 0.474 e. The van der Waals surface area contributed by atoms with E-state index < -0.39 is 110 Å². The van der Waals surface area contributed by atoms with Gasteiger partial charge in [0.2, 0.25) is 0 Å². The topological polar surface area (TPSA) is 136 Å². The van der Waals surface area contributed by atoms with Crippen molar-refractivity contribution in [3.8, 4) is 0 Å². The molecule has 3 unspecified atom stereocenters. The van der Waals surface area contributed by atoms with Crippen LogP contribution in [0.2, 0.25) is 0 Å². The summed E-state index contributed by atoms with van der Waals surface area (Å²) in [7, 11) is -8.52. The second-order valence-corrected chi connectivity index (χ2v) is 16.9. The lowest BCUT2D eigenvalue weighted by atomic mass is 10.1. The van der Waals surface area contributed by atoms with Crippen LogP contribution in [0.3, 0.4) is 0 Å². The minimum Gasteiger partial charge on any atom is -0.389 e. The molecule has 10 nitrogen and oxygen atoms in total. The van der Waals surface area contributed by atoms with Crippen molar-refractivity contribution in [3.05, 3.63) is 70.8 Å². The largest absolute Gasteiger partial charge is 0.474 e. The molecule has 2 aliphatic rings. The van der Waals surface area contributed by atoms with Crippen molar-refractivity contribution in [2.45, 2.75) is 82.0 Å². The molecule has 3 atom stereocenters. The van der Waals surface area contributed by atoms with Gasteiger partial charge in [-0.1, -0.05) is 22.4 Å². The molecule has 2 aliphatic heterocycles. The molecule has 2 heterocycles.